The van der Waals surface area contributed by atoms with E-state index in [1.807, 2.05) is 42.3 Å². The van der Waals surface area contributed by atoms with E-state index in [1.165, 1.54) is 11.1 Å². The molecule has 0 unspecified atom stereocenters. The van der Waals surface area contributed by atoms with Crippen LogP contribution in [0.5, 0.6) is 0 Å². The molecule has 7 nitrogen and oxygen atoms in total. The molecule has 0 saturated carbocycles. The van der Waals surface area contributed by atoms with Gasteiger partial charge < -0.3 is 10.2 Å². The normalized spacial score (nSPS) is 13.3. The van der Waals surface area contributed by atoms with Crippen LogP contribution >= 0.6 is 11.6 Å². The molecule has 33 heavy (non-hydrogen) atoms. The van der Waals surface area contributed by atoms with Gasteiger partial charge in [0.2, 0.25) is 5.91 Å². The molecule has 1 heterocycles. The van der Waals surface area contributed by atoms with Crippen molar-refractivity contribution in [3.05, 3.63) is 64.2 Å². The number of anilines is 1. The first-order valence-corrected chi connectivity index (χ1v) is 11.7. The fourth-order valence-corrected chi connectivity index (χ4v) is 4.07. The minimum atomic E-state index is -0.102. The Balaban J connectivity index is 1.56. The summed E-state index contributed by atoms with van der Waals surface area (Å²) in [5.74, 6) is -0.183. The lowest BCUT2D eigenvalue weighted by atomic mass is 10.1. The predicted molar refractivity (Wildman–Crippen MR) is 133 cm³/mol. The highest BCUT2D eigenvalue weighted by Gasteiger charge is 2.25. The molecular weight excluding hydrogens is 438 g/mol. The van der Waals surface area contributed by atoms with E-state index in [4.69, 9.17) is 11.6 Å². The van der Waals surface area contributed by atoms with E-state index in [2.05, 4.69) is 36.6 Å². The van der Waals surface area contributed by atoms with Crippen LogP contribution in [-0.4, -0.2) is 61.1 Å². The number of nitrogens with one attached hydrogen (secondary N) is 2. The maximum absolute atomic E-state index is 13.1. The average molecular weight is 472 g/mol. The fourth-order valence-electron chi connectivity index (χ4n) is 3.90. The first-order valence-electron chi connectivity index (χ1n) is 11.4. The van der Waals surface area contributed by atoms with Crippen molar-refractivity contribution in [1.29, 1.82) is 0 Å². The Morgan fingerprint density at radius 2 is 1.67 bits per heavy atom. The second-order valence-corrected chi connectivity index (χ2v) is 9.06. The largest absolute Gasteiger partial charge is 0.313 e. The van der Waals surface area contributed by atoms with Gasteiger partial charge in [-0.05, 0) is 35.7 Å². The summed E-state index contributed by atoms with van der Waals surface area (Å²) in [6.07, 6.45) is 0. The minimum Gasteiger partial charge on any atom is -0.313 e. The monoisotopic (exact) mass is 471 g/mol. The van der Waals surface area contributed by atoms with E-state index >= 15 is 0 Å². The van der Waals surface area contributed by atoms with Crippen LogP contribution in [0.1, 0.15) is 30.5 Å². The number of hydrazine groups is 1. The van der Waals surface area contributed by atoms with Crippen molar-refractivity contribution >= 4 is 29.1 Å². The molecule has 0 fully saturated rings. The standard InChI is InChI=1S/C25H34ClN5O2/c1-18(2)28-12-13-31(23-11-7-10-22(26)19(23)3)25(33)15-27-14-24(32)29(4)30-16-20-8-5-6-9-21(20)17-30/h5-11,18,27-28H,12-17H2,1-4H3. The number of hydrogen-bond donors (Lipinski definition) is 2. The summed E-state index contributed by atoms with van der Waals surface area (Å²) in [5.41, 5.74) is 4.13. The Labute approximate surface area is 201 Å². The zero-order valence-corrected chi connectivity index (χ0v) is 20.7. The van der Waals surface area contributed by atoms with Gasteiger partial charge in [-0.25, -0.2) is 5.01 Å². The molecule has 0 spiro atoms. The highest BCUT2D eigenvalue weighted by Crippen LogP contribution is 2.26. The van der Waals surface area contributed by atoms with Crippen molar-refractivity contribution in [2.45, 2.75) is 39.9 Å². The maximum Gasteiger partial charge on any atom is 0.250 e. The summed E-state index contributed by atoms with van der Waals surface area (Å²) < 4.78 is 0. The van der Waals surface area contributed by atoms with Crippen LogP contribution in [0.4, 0.5) is 5.69 Å². The zero-order chi connectivity index (χ0) is 24.0. The van der Waals surface area contributed by atoms with E-state index in [0.29, 0.717) is 37.2 Å². The van der Waals surface area contributed by atoms with Crippen molar-refractivity contribution in [2.24, 2.45) is 0 Å². The number of benzene rings is 2. The molecule has 2 aromatic rings. The number of carbonyl (C=O) groups excluding carboxylic acids is 2. The van der Waals surface area contributed by atoms with E-state index < -0.39 is 0 Å². The lowest BCUT2D eigenvalue weighted by Gasteiger charge is -2.28. The van der Waals surface area contributed by atoms with Gasteiger partial charge in [0.1, 0.15) is 0 Å². The van der Waals surface area contributed by atoms with Gasteiger partial charge in [0, 0.05) is 50.0 Å². The van der Waals surface area contributed by atoms with Gasteiger partial charge >= 0.3 is 0 Å². The summed E-state index contributed by atoms with van der Waals surface area (Å²) >= 11 is 6.30. The summed E-state index contributed by atoms with van der Waals surface area (Å²) in [6, 6.07) is 14.1. The maximum atomic E-state index is 13.1. The van der Waals surface area contributed by atoms with E-state index in [9.17, 15) is 9.59 Å². The molecule has 3 rings (SSSR count). The van der Waals surface area contributed by atoms with Crippen LogP contribution in [0, 0.1) is 6.92 Å². The second-order valence-electron chi connectivity index (χ2n) is 8.65. The molecule has 0 aliphatic carbocycles. The summed E-state index contributed by atoms with van der Waals surface area (Å²) in [6.45, 7) is 8.79. The molecule has 2 N–H and O–H groups in total. The van der Waals surface area contributed by atoms with Crippen LogP contribution in [0.15, 0.2) is 42.5 Å². The van der Waals surface area contributed by atoms with Crippen LogP contribution in [0.3, 0.4) is 0 Å². The molecule has 8 heteroatoms. The highest BCUT2D eigenvalue weighted by molar-refractivity contribution is 6.31. The van der Waals surface area contributed by atoms with Crippen molar-refractivity contribution < 1.29 is 9.59 Å². The molecule has 0 saturated heterocycles. The Hall–Kier alpha value is -2.45. The van der Waals surface area contributed by atoms with Crippen molar-refractivity contribution in [2.75, 3.05) is 38.1 Å². The van der Waals surface area contributed by atoms with Gasteiger partial charge in [0.15, 0.2) is 0 Å². The zero-order valence-electron chi connectivity index (χ0n) is 19.9. The number of nitrogens with zero attached hydrogens (tertiary/aromatic N) is 3. The minimum absolute atomic E-state index is 0.0629. The van der Waals surface area contributed by atoms with Gasteiger partial charge in [-0.2, -0.15) is 0 Å². The first-order chi connectivity index (χ1) is 15.8. The van der Waals surface area contributed by atoms with Gasteiger partial charge in [0.05, 0.1) is 13.1 Å². The fraction of sp³-hybridized carbons (Fsp3) is 0.440. The van der Waals surface area contributed by atoms with Crippen LogP contribution < -0.4 is 15.5 Å². The third kappa shape index (κ3) is 6.54. The highest BCUT2D eigenvalue weighted by atomic mass is 35.5. The molecule has 2 aromatic carbocycles. The molecule has 1 aliphatic heterocycles. The smallest absolute Gasteiger partial charge is 0.250 e. The number of amides is 2. The Kier molecular flexibility index (Phi) is 8.86. The number of likely N-dealkylation sites (N-methyl/N-ethyl adjacent to an activating group) is 1. The molecule has 0 aromatic heterocycles. The van der Waals surface area contributed by atoms with Gasteiger partial charge in [-0.3, -0.25) is 19.9 Å². The Bertz CT molecular complexity index is 956. The topological polar surface area (TPSA) is 67.9 Å². The quantitative estimate of drug-likeness (QED) is 0.557. The van der Waals surface area contributed by atoms with Gasteiger partial charge in [-0.1, -0.05) is 55.8 Å². The summed E-state index contributed by atoms with van der Waals surface area (Å²) in [5, 5.41) is 10.7. The van der Waals surface area contributed by atoms with Crippen LogP contribution in [-0.2, 0) is 22.7 Å². The average Bonchev–Trinajstić information content (AvgIpc) is 3.22. The van der Waals surface area contributed by atoms with Crippen LogP contribution in [0.25, 0.3) is 0 Å². The number of carbonyl (C=O) groups is 2. The molecule has 0 atom stereocenters. The first kappa shape index (κ1) is 25.2. The number of halogens is 1. The van der Waals surface area contributed by atoms with Gasteiger partial charge in [0.25, 0.3) is 5.91 Å². The number of rotatable bonds is 10. The Morgan fingerprint density at radius 1 is 1.03 bits per heavy atom. The Morgan fingerprint density at radius 3 is 2.30 bits per heavy atom. The van der Waals surface area contributed by atoms with Gasteiger partial charge in [-0.15, -0.1) is 0 Å². The second kappa shape index (κ2) is 11.6. The third-order valence-electron chi connectivity index (χ3n) is 5.88. The van der Waals surface area contributed by atoms with Crippen molar-refractivity contribution in [3.8, 4) is 0 Å². The molecule has 0 radical (unpaired) electrons. The third-order valence-corrected chi connectivity index (χ3v) is 6.29. The van der Waals surface area contributed by atoms with E-state index in [0.717, 1.165) is 11.3 Å². The lowest BCUT2D eigenvalue weighted by Crippen LogP contribution is -2.47. The lowest BCUT2D eigenvalue weighted by molar-refractivity contribution is -0.145. The van der Waals surface area contributed by atoms with E-state index in [1.54, 1.807) is 17.0 Å². The summed E-state index contributed by atoms with van der Waals surface area (Å²) in [4.78, 5) is 27.5. The SMILES string of the molecule is Cc1c(Cl)cccc1N(CCNC(C)C)C(=O)CNCC(=O)N(C)N1Cc2ccccc2C1. The number of fused-ring (bicyclic) bond motifs is 1. The van der Waals surface area contributed by atoms with Crippen molar-refractivity contribution in [3.63, 3.8) is 0 Å². The molecule has 178 valence electrons. The summed E-state index contributed by atoms with van der Waals surface area (Å²) in [7, 11) is 1.77. The molecule has 1 aliphatic rings. The van der Waals surface area contributed by atoms with Crippen molar-refractivity contribution in [1.82, 2.24) is 20.7 Å². The molecule has 0 bridgehead atoms. The number of hydrogen-bond acceptors (Lipinski definition) is 5. The predicted octanol–water partition coefficient (Wildman–Crippen LogP) is 2.96. The van der Waals surface area contributed by atoms with E-state index in [-0.39, 0.29) is 24.9 Å². The molecular formula is C25H34ClN5O2. The molecule has 2 amide bonds. The van der Waals surface area contributed by atoms with Crippen LogP contribution in [0.2, 0.25) is 5.02 Å².